The monoisotopic (exact) mass is 404 g/mol. The molecule has 0 radical (unpaired) electrons. The van der Waals surface area contributed by atoms with E-state index in [4.69, 9.17) is 16.3 Å². The highest BCUT2D eigenvalue weighted by molar-refractivity contribution is 7.18. The quantitative estimate of drug-likeness (QED) is 0.639. The summed E-state index contributed by atoms with van der Waals surface area (Å²) >= 11 is 7.47. The fourth-order valence-electron chi connectivity index (χ4n) is 3.60. The van der Waals surface area contributed by atoms with Gasteiger partial charge in [0, 0.05) is 22.4 Å². The van der Waals surface area contributed by atoms with Gasteiger partial charge in [-0.2, -0.15) is 0 Å². The third-order valence-corrected chi connectivity index (χ3v) is 6.36. The highest BCUT2D eigenvalue weighted by atomic mass is 35.5. The number of aromatic nitrogens is 2. The van der Waals surface area contributed by atoms with Gasteiger partial charge in [0.1, 0.15) is 4.83 Å². The largest absolute Gasteiger partial charge is 0.370 e. The molecule has 1 aliphatic heterocycles. The topological polar surface area (TPSA) is 53.2 Å². The lowest BCUT2D eigenvalue weighted by atomic mass is 9.94. The van der Waals surface area contributed by atoms with E-state index in [0.29, 0.717) is 29.1 Å². The van der Waals surface area contributed by atoms with Gasteiger partial charge in [-0.15, -0.1) is 11.3 Å². The minimum absolute atomic E-state index is 0.0758. The van der Waals surface area contributed by atoms with E-state index in [1.807, 2.05) is 27.7 Å². The molecule has 5 nitrogen and oxygen atoms in total. The predicted molar refractivity (Wildman–Crippen MR) is 110 cm³/mol. The third-order valence-electron chi connectivity index (χ3n) is 4.90. The van der Waals surface area contributed by atoms with Crippen molar-refractivity contribution in [2.75, 3.05) is 0 Å². The number of halogens is 1. The summed E-state index contributed by atoms with van der Waals surface area (Å²) < 4.78 is 8.89. The molecular weight excluding hydrogens is 384 g/mol. The van der Waals surface area contributed by atoms with E-state index in [-0.39, 0.29) is 22.9 Å². The van der Waals surface area contributed by atoms with Crippen LogP contribution in [0.3, 0.4) is 0 Å². The van der Waals surface area contributed by atoms with Crippen LogP contribution in [0, 0.1) is 0 Å². The molecule has 1 aromatic carbocycles. The first-order valence-electron chi connectivity index (χ1n) is 8.91. The molecule has 1 aliphatic rings. The van der Waals surface area contributed by atoms with E-state index in [0.717, 1.165) is 15.3 Å². The number of ether oxygens (including phenoxy) is 1. The summed E-state index contributed by atoms with van der Waals surface area (Å²) in [6.07, 6.45) is 0.647. The van der Waals surface area contributed by atoms with E-state index >= 15 is 0 Å². The first-order valence-corrected chi connectivity index (χ1v) is 10.1. The fraction of sp³-hybridized carbons (Fsp3) is 0.400. The molecule has 142 valence electrons. The van der Waals surface area contributed by atoms with E-state index in [2.05, 4.69) is 0 Å². The second-order valence-electron chi connectivity index (χ2n) is 7.77. The summed E-state index contributed by atoms with van der Waals surface area (Å²) in [7, 11) is 0. The van der Waals surface area contributed by atoms with Crippen LogP contribution < -0.4 is 11.2 Å². The summed E-state index contributed by atoms with van der Waals surface area (Å²) in [4.78, 5) is 28.4. The first kappa shape index (κ1) is 18.5. The van der Waals surface area contributed by atoms with Crippen molar-refractivity contribution in [1.29, 1.82) is 0 Å². The molecule has 7 heteroatoms. The van der Waals surface area contributed by atoms with Crippen molar-refractivity contribution < 1.29 is 4.74 Å². The molecule has 0 N–H and O–H groups in total. The van der Waals surface area contributed by atoms with Crippen molar-refractivity contribution in [3.05, 3.63) is 60.6 Å². The number of nitrogens with zero attached hydrogens (tertiary/aromatic N) is 2. The molecular formula is C20H21ClN2O3S. The summed E-state index contributed by atoms with van der Waals surface area (Å²) in [6.45, 7) is 8.42. The molecule has 0 unspecified atom stereocenters. The SMILES string of the molecule is CC(C)n1c(=O)n(-c2ccc(Cl)cc2)c(=O)c2c3c(sc21)COC(C)(C)C3. The Morgan fingerprint density at radius 1 is 1.19 bits per heavy atom. The molecule has 0 amide bonds. The van der Waals surface area contributed by atoms with Crippen LogP contribution >= 0.6 is 22.9 Å². The van der Waals surface area contributed by atoms with Gasteiger partial charge in [0.05, 0.1) is 23.3 Å². The highest BCUT2D eigenvalue weighted by Gasteiger charge is 2.32. The molecule has 3 aromatic rings. The van der Waals surface area contributed by atoms with Gasteiger partial charge in [-0.1, -0.05) is 11.6 Å². The summed E-state index contributed by atoms with van der Waals surface area (Å²) in [5, 5.41) is 1.19. The molecule has 4 rings (SSSR count). The van der Waals surface area contributed by atoms with Gasteiger partial charge in [0.25, 0.3) is 5.56 Å². The second-order valence-corrected chi connectivity index (χ2v) is 9.29. The van der Waals surface area contributed by atoms with E-state index in [9.17, 15) is 9.59 Å². The van der Waals surface area contributed by atoms with Gasteiger partial charge in [0.2, 0.25) is 0 Å². The van der Waals surface area contributed by atoms with E-state index in [1.54, 1.807) is 28.8 Å². The van der Waals surface area contributed by atoms with E-state index < -0.39 is 0 Å². The summed E-state index contributed by atoms with van der Waals surface area (Å²) in [5.41, 5.74) is 0.593. The van der Waals surface area contributed by atoms with Gasteiger partial charge >= 0.3 is 5.69 Å². The minimum Gasteiger partial charge on any atom is -0.370 e. The Balaban J connectivity index is 2.13. The molecule has 2 aromatic heterocycles. The predicted octanol–water partition coefficient (Wildman–Crippen LogP) is 4.30. The lowest BCUT2D eigenvalue weighted by Crippen LogP contribution is -2.40. The Hall–Kier alpha value is -1.89. The number of hydrogen-bond donors (Lipinski definition) is 0. The lowest BCUT2D eigenvalue weighted by molar-refractivity contribution is -0.0379. The minimum atomic E-state index is -0.336. The Labute approximate surface area is 165 Å². The molecule has 0 atom stereocenters. The van der Waals surface area contributed by atoms with Crippen molar-refractivity contribution in [3.8, 4) is 5.69 Å². The van der Waals surface area contributed by atoms with E-state index in [1.165, 1.54) is 15.9 Å². The van der Waals surface area contributed by atoms with Gasteiger partial charge in [-0.25, -0.2) is 9.36 Å². The molecule has 3 heterocycles. The van der Waals surface area contributed by atoms with Gasteiger partial charge in [-0.3, -0.25) is 9.36 Å². The molecule has 0 saturated heterocycles. The number of hydrogen-bond acceptors (Lipinski definition) is 4. The molecule has 0 aliphatic carbocycles. The van der Waals surface area contributed by atoms with Crippen LogP contribution in [0.5, 0.6) is 0 Å². The number of benzene rings is 1. The van der Waals surface area contributed by atoms with Crippen LogP contribution in [0.1, 0.15) is 44.2 Å². The standard InChI is InChI=1S/C20H21ClN2O3S/c1-11(2)22-18-16(14-9-20(3,4)26-10-15(14)27-18)17(24)23(19(22)25)13-7-5-12(21)6-8-13/h5-8,11H,9-10H2,1-4H3. The van der Waals surface area contributed by atoms with Crippen LogP contribution in [-0.4, -0.2) is 14.7 Å². The number of fused-ring (bicyclic) bond motifs is 3. The van der Waals surface area contributed by atoms with Crippen LogP contribution in [0.15, 0.2) is 33.9 Å². The van der Waals surface area contributed by atoms with Crippen LogP contribution in [-0.2, 0) is 17.8 Å². The second kappa shape index (κ2) is 6.33. The van der Waals surface area contributed by atoms with Gasteiger partial charge < -0.3 is 4.74 Å². The molecule has 0 saturated carbocycles. The zero-order valence-electron chi connectivity index (χ0n) is 15.7. The third kappa shape index (κ3) is 2.96. The van der Waals surface area contributed by atoms with Crippen molar-refractivity contribution in [2.45, 2.75) is 52.4 Å². The van der Waals surface area contributed by atoms with Gasteiger partial charge in [0.15, 0.2) is 0 Å². The van der Waals surface area contributed by atoms with Crippen LogP contribution in [0.2, 0.25) is 5.02 Å². The zero-order valence-corrected chi connectivity index (χ0v) is 17.3. The number of thiophene rings is 1. The Kier molecular flexibility index (Phi) is 4.33. The molecule has 0 spiro atoms. The van der Waals surface area contributed by atoms with Crippen molar-refractivity contribution in [1.82, 2.24) is 9.13 Å². The Morgan fingerprint density at radius 3 is 2.48 bits per heavy atom. The van der Waals surface area contributed by atoms with Crippen LogP contribution in [0.25, 0.3) is 15.9 Å². The average molecular weight is 405 g/mol. The van der Waals surface area contributed by atoms with Crippen molar-refractivity contribution >= 4 is 33.2 Å². The highest BCUT2D eigenvalue weighted by Crippen LogP contribution is 2.37. The van der Waals surface area contributed by atoms with Gasteiger partial charge in [-0.05, 0) is 57.5 Å². The fourth-order valence-corrected chi connectivity index (χ4v) is 5.07. The molecule has 27 heavy (non-hydrogen) atoms. The lowest BCUT2D eigenvalue weighted by Gasteiger charge is -2.29. The maximum absolute atomic E-state index is 13.4. The molecule has 0 fully saturated rings. The Morgan fingerprint density at radius 2 is 1.85 bits per heavy atom. The van der Waals surface area contributed by atoms with Crippen molar-refractivity contribution in [3.63, 3.8) is 0 Å². The summed E-state index contributed by atoms with van der Waals surface area (Å²) in [5.74, 6) is 0. The maximum atomic E-state index is 13.4. The normalized spacial score (nSPS) is 16.1. The average Bonchev–Trinajstić information content (AvgIpc) is 2.93. The first-order chi connectivity index (χ1) is 12.7. The maximum Gasteiger partial charge on any atom is 0.336 e. The summed E-state index contributed by atoms with van der Waals surface area (Å²) in [6, 6.07) is 6.70. The Bertz CT molecular complexity index is 1150. The zero-order chi connectivity index (χ0) is 19.5. The van der Waals surface area contributed by atoms with Crippen molar-refractivity contribution in [2.24, 2.45) is 0 Å². The number of rotatable bonds is 2. The molecule has 0 bridgehead atoms. The van der Waals surface area contributed by atoms with Crippen LogP contribution in [0.4, 0.5) is 0 Å². The smallest absolute Gasteiger partial charge is 0.336 e.